The molecule has 1 fully saturated rings. The summed E-state index contributed by atoms with van der Waals surface area (Å²) in [6.45, 7) is 12.2. The van der Waals surface area contributed by atoms with Gasteiger partial charge >= 0.3 is 0 Å². The SMILES string of the molecule is C#C[C@@]1(C)[C@@H](CO[Si](C)(C)C(C)(C)C)N1S(=O)(=O)c1ccccc1[N+](=O)[O-]. The summed E-state index contributed by atoms with van der Waals surface area (Å²) >= 11 is 0. The molecule has 0 amide bonds. The molecule has 1 aromatic carbocycles. The van der Waals surface area contributed by atoms with Crippen molar-refractivity contribution in [2.75, 3.05) is 6.61 Å². The Balaban J connectivity index is 2.35. The molecule has 7 nitrogen and oxygen atoms in total. The fraction of sp³-hybridized carbons (Fsp3) is 0.556. The average molecular weight is 411 g/mol. The third-order valence-electron chi connectivity index (χ3n) is 5.62. The molecule has 0 bridgehead atoms. The molecule has 0 aliphatic carbocycles. The summed E-state index contributed by atoms with van der Waals surface area (Å²) in [5.74, 6) is 2.53. The summed E-state index contributed by atoms with van der Waals surface area (Å²) in [5, 5.41) is 11.2. The molecule has 148 valence electrons. The smallest absolute Gasteiger partial charge is 0.289 e. The van der Waals surface area contributed by atoms with Gasteiger partial charge in [-0.25, -0.2) is 8.42 Å². The lowest BCUT2D eigenvalue weighted by atomic mass is 10.1. The highest BCUT2D eigenvalue weighted by Crippen LogP contribution is 2.48. The maximum absolute atomic E-state index is 13.1. The van der Waals surface area contributed by atoms with Crippen LogP contribution < -0.4 is 0 Å². The number of sulfonamides is 1. The molecule has 1 aliphatic rings. The van der Waals surface area contributed by atoms with Crippen LogP contribution in [0.15, 0.2) is 29.2 Å². The first-order valence-corrected chi connectivity index (χ1v) is 12.9. The van der Waals surface area contributed by atoms with Crippen molar-refractivity contribution in [2.24, 2.45) is 0 Å². The number of benzene rings is 1. The van der Waals surface area contributed by atoms with Gasteiger partial charge in [0, 0.05) is 6.07 Å². The molecule has 27 heavy (non-hydrogen) atoms. The van der Waals surface area contributed by atoms with Gasteiger partial charge in [-0.05, 0) is 31.1 Å². The Morgan fingerprint density at radius 2 is 1.93 bits per heavy atom. The predicted molar refractivity (Wildman–Crippen MR) is 106 cm³/mol. The first-order valence-electron chi connectivity index (χ1n) is 8.60. The lowest BCUT2D eigenvalue weighted by Gasteiger charge is -2.36. The van der Waals surface area contributed by atoms with Crippen LogP contribution in [0.5, 0.6) is 0 Å². The van der Waals surface area contributed by atoms with Gasteiger partial charge in [-0.15, -0.1) is 6.42 Å². The van der Waals surface area contributed by atoms with Crippen LogP contribution in [-0.2, 0) is 14.4 Å². The van der Waals surface area contributed by atoms with Gasteiger partial charge in [0.15, 0.2) is 13.2 Å². The molecule has 0 N–H and O–H groups in total. The van der Waals surface area contributed by atoms with E-state index >= 15 is 0 Å². The number of hydrogen-bond acceptors (Lipinski definition) is 5. The highest BCUT2D eigenvalue weighted by atomic mass is 32.2. The van der Waals surface area contributed by atoms with Crippen molar-refractivity contribution in [1.82, 2.24) is 4.31 Å². The zero-order chi connectivity index (χ0) is 20.8. The third kappa shape index (κ3) is 3.67. The minimum Gasteiger partial charge on any atom is -0.415 e. The molecule has 1 unspecified atom stereocenters. The second-order valence-electron chi connectivity index (χ2n) is 8.40. The summed E-state index contributed by atoms with van der Waals surface area (Å²) in [4.78, 5) is 10.2. The first kappa shape index (κ1) is 21.6. The minimum absolute atomic E-state index is 0.0314. The van der Waals surface area contributed by atoms with E-state index in [1.807, 2.05) is 0 Å². The van der Waals surface area contributed by atoms with Crippen LogP contribution in [-0.4, -0.2) is 44.2 Å². The fourth-order valence-corrected chi connectivity index (χ4v) is 5.77. The number of para-hydroxylation sites is 1. The molecule has 0 aromatic heterocycles. The van der Waals surface area contributed by atoms with Gasteiger partial charge in [0.25, 0.3) is 15.7 Å². The zero-order valence-corrected chi connectivity index (χ0v) is 18.3. The van der Waals surface area contributed by atoms with E-state index in [0.29, 0.717) is 0 Å². The van der Waals surface area contributed by atoms with E-state index in [0.717, 1.165) is 4.31 Å². The molecule has 9 heteroatoms. The largest absolute Gasteiger partial charge is 0.415 e. The summed E-state index contributed by atoms with van der Waals surface area (Å²) < 4.78 is 33.5. The van der Waals surface area contributed by atoms with Gasteiger partial charge in [-0.3, -0.25) is 10.1 Å². The van der Waals surface area contributed by atoms with Gasteiger partial charge in [-0.2, -0.15) is 4.31 Å². The van der Waals surface area contributed by atoms with E-state index in [4.69, 9.17) is 10.8 Å². The number of nitro benzene ring substituents is 1. The van der Waals surface area contributed by atoms with Crippen molar-refractivity contribution in [3.05, 3.63) is 34.4 Å². The maximum atomic E-state index is 13.1. The molecule has 0 saturated carbocycles. The van der Waals surface area contributed by atoms with Gasteiger partial charge in [0.05, 0.1) is 17.6 Å². The van der Waals surface area contributed by atoms with Crippen LogP contribution in [0.25, 0.3) is 0 Å². The summed E-state index contributed by atoms with van der Waals surface area (Å²) in [6, 6.07) is 4.73. The summed E-state index contributed by atoms with van der Waals surface area (Å²) in [5.41, 5.74) is -1.53. The van der Waals surface area contributed by atoms with Crippen molar-refractivity contribution in [1.29, 1.82) is 0 Å². The molecule has 1 aliphatic heterocycles. The molecular formula is C18H26N2O5SSi. The van der Waals surface area contributed by atoms with Gasteiger partial charge in [0.2, 0.25) is 0 Å². The monoisotopic (exact) mass is 410 g/mol. The van der Waals surface area contributed by atoms with Crippen molar-refractivity contribution in [2.45, 2.75) is 62.3 Å². The van der Waals surface area contributed by atoms with E-state index in [-0.39, 0.29) is 16.5 Å². The molecule has 3 atom stereocenters. The minimum atomic E-state index is -4.13. The molecule has 0 spiro atoms. The van der Waals surface area contributed by atoms with Gasteiger partial charge in [-0.1, -0.05) is 38.8 Å². The molecule has 1 heterocycles. The molecule has 1 aromatic rings. The average Bonchev–Trinajstić information content (AvgIpc) is 3.18. The Labute approximate surface area is 162 Å². The van der Waals surface area contributed by atoms with Crippen molar-refractivity contribution < 1.29 is 17.8 Å². The van der Waals surface area contributed by atoms with Crippen molar-refractivity contribution in [3.8, 4) is 12.3 Å². The Kier molecular flexibility index (Phi) is 5.35. The topological polar surface area (TPSA) is 89.5 Å². The molecule has 0 radical (unpaired) electrons. The second kappa shape index (κ2) is 6.70. The first-order chi connectivity index (χ1) is 12.2. The maximum Gasteiger partial charge on any atom is 0.289 e. The molecular weight excluding hydrogens is 384 g/mol. The Hall–Kier alpha value is -1.73. The Morgan fingerprint density at radius 1 is 1.37 bits per heavy atom. The summed E-state index contributed by atoms with van der Waals surface area (Å²) in [7, 11) is -6.23. The normalized spacial score (nSPS) is 25.7. The standard InChI is InChI=1S/C18H26N2O5SSi/c1-8-18(5)16(13-25-27(6,7)17(2,3)4)19(18)26(23,24)15-12-10-9-11-14(15)20(21)22/h1,9-12,16H,13H2,2-7H3/t16-,18+,19?/m1/s1. The predicted octanol–water partition coefficient (Wildman–Crippen LogP) is 3.38. The number of rotatable bonds is 6. The van der Waals surface area contributed by atoms with Gasteiger partial charge in [0.1, 0.15) is 5.54 Å². The lowest BCUT2D eigenvalue weighted by molar-refractivity contribution is -0.387. The summed E-state index contributed by atoms with van der Waals surface area (Å²) in [6.07, 6.45) is 5.61. The number of nitrogens with zero attached hydrogens (tertiary/aromatic N) is 2. The Morgan fingerprint density at radius 3 is 2.41 bits per heavy atom. The van der Waals surface area contributed by atoms with E-state index < -0.39 is 40.5 Å². The molecule has 2 rings (SSSR count). The Bertz CT molecular complexity index is 901. The lowest BCUT2D eigenvalue weighted by Crippen LogP contribution is -2.42. The quantitative estimate of drug-likeness (QED) is 0.236. The highest BCUT2D eigenvalue weighted by Gasteiger charge is 2.66. The number of nitro groups is 1. The van der Waals surface area contributed by atoms with E-state index in [9.17, 15) is 18.5 Å². The van der Waals surface area contributed by atoms with Crippen LogP contribution in [0.3, 0.4) is 0 Å². The van der Waals surface area contributed by atoms with Crippen LogP contribution >= 0.6 is 0 Å². The fourth-order valence-electron chi connectivity index (χ4n) is 2.67. The zero-order valence-electron chi connectivity index (χ0n) is 16.5. The van der Waals surface area contributed by atoms with Crippen LogP contribution in [0.4, 0.5) is 5.69 Å². The second-order valence-corrected chi connectivity index (χ2v) is 15.0. The highest BCUT2D eigenvalue weighted by molar-refractivity contribution is 7.89. The molecule has 1 saturated heterocycles. The van der Waals surface area contributed by atoms with Gasteiger partial charge < -0.3 is 4.43 Å². The van der Waals surface area contributed by atoms with Crippen LogP contribution in [0.2, 0.25) is 18.1 Å². The number of terminal acetylenes is 1. The van der Waals surface area contributed by atoms with Crippen molar-refractivity contribution >= 4 is 24.0 Å². The number of hydrogen-bond donors (Lipinski definition) is 0. The van der Waals surface area contributed by atoms with Crippen LogP contribution in [0.1, 0.15) is 27.7 Å². The van der Waals surface area contributed by atoms with E-state index in [1.54, 1.807) is 6.92 Å². The van der Waals surface area contributed by atoms with Crippen LogP contribution in [0, 0.1) is 22.5 Å². The van der Waals surface area contributed by atoms with Crippen molar-refractivity contribution in [3.63, 3.8) is 0 Å². The van der Waals surface area contributed by atoms with E-state index in [2.05, 4.69) is 39.8 Å². The van der Waals surface area contributed by atoms with E-state index in [1.165, 1.54) is 24.3 Å². The third-order valence-corrected chi connectivity index (χ3v) is 12.2.